The van der Waals surface area contributed by atoms with E-state index in [9.17, 15) is 4.79 Å². The lowest BCUT2D eigenvalue weighted by atomic mass is 10.1. The second kappa shape index (κ2) is 7.43. The van der Waals surface area contributed by atoms with Gasteiger partial charge in [0.15, 0.2) is 0 Å². The molecule has 2 aromatic heterocycles. The molecule has 2 aromatic carbocycles. The van der Waals surface area contributed by atoms with Gasteiger partial charge in [-0.05, 0) is 17.7 Å². The minimum Gasteiger partial charge on any atom is -0.366 e. The molecule has 0 atom stereocenters. The molecule has 0 bridgehead atoms. The third kappa shape index (κ3) is 3.39. The summed E-state index contributed by atoms with van der Waals surface area (Å²) in [5, 5.41) is 7.84. The van der Waals surface area contributed by atoms with Crippen molar-refractivity contribution in [2.75, 3.05) is 5.32 Å². The fourth-order valence-electron chi connectivity index (χ4n) is 2.86. The monoisotopic (exact) mass is 374 g/mol. The molecule has 4 aromatic rings. The highest BCUT2D eigenvalue weighted by Gasteiger charge is 2.19. The lowest BCUT2D eigenvalue weighted by molar-refractivity contribution is 0.100. The Morgan fingerprint density at radius 2 is 1.89 bits per heavy atom. The Balaban J connectivity index is 1.73. The summed E-state index contributed by atoms with van der Waals surface area (Å²) in [5.41, 5.74) is 7.21. The zero-order chi connectivity index (χ0) is 19.5. The van der Waals surface area contributed by atoms with Gasteiger partial charge in [0, 0.05) is 13.0 Å². The van der Waals surface area contributed by atoms with Crippen LogP contribution in [-0.4, -0.2) is 26.0 Å². The van der Waals surface area contributed by atoms with Crippen LogP contribution in [0.1, 0.15) is 28.7 Å². The fourth-order valence-corrected chi connectivity index (χ4v) is 2.86. The molecule has 0 spiro atoms. The summed E-state index contributed by atoms with van der Waals surface area (Å²) in [6.07, 6.45) is 0.633. The molecule has 4 rings (SSSR count). The first-order valence-corrected chi connectivity index (χ1v) is 8.87. The summed E-state index contributed by atoms with van der Waals surface area (Å²) in [6.45, 7) is 2.54. The van der Waals surface area contributed by atoms with Crippen LogP contribution in [0.3, 0.4) is 0 Å². The minimum atomic E-state index is -0.569. The van der Waals surface area contributed by atoms with Gasteiger partial charge in [-0.3, -0.25) is 4.79 Å². The molecule has 0 fully saturated rings. The van der Waals surface area contributed by atoms with Gasteiger partial charge in [0.05, 0.1) is 10.9 Å². The van der Waals surface area contributed by atoms with Crippen molar-refractivity contribution in [3.8, 4) is 11.6 Å². The number of fused-ring (bicyclic) bond motifs is 1. The summed E-state index contributed by atoms with van der Waals surface area (Å²) in [5.74, 6) is 1.22. The van der Waals surface area contributed by atoms with Crippen molar-refractivity contribution < 1.29 is 9.32 Å². The molecule has 0 saturated carbocycles. The molecular formula is C20H18N6O2. The SMILES string of the molecule is CCc1nc(NCc2ccccc2)nc(-c2onc3c(C(N)=O)cccc23)n1. The van der Waals surface area contributed by atoms with Crippen LogP contribution in [0.2, 0.25) is 0 Å². The molecule has 8 heteroatoms. The van der Waals surface area contributed by atoms with Crippen molar-refractivity contribution in [2.45, 2.75) is 19.9 Å². The van der Waals surface area contributed by atoms with Crippen molar-refractivity contribution in [2.24, 2.45) is 5.73 Å². The summed E-state index contributed by atoms with van der Waals surface area (Å²) >= 11 is 0. The Morgan fingerprint density at radius 3 is 2.64 bits per heavy atom. The van der Waals surface area contributed by atoms with Crippen molar-refractivity contribution in [3.63, 3.8) is 0 Å². The number of rotatable bonds is 6. The standard InChI is InChI=1S/C20H18N6O2/c1-2-15-23-19(25-20(24-15)22-11-12-7-4-3-5-8-12)17-13-9-6-10-14(18(21)27)16(13)26-28-17/h3-10H,2,11H2,1H3,(H2,21,27)(H,22,23,24,25). The van der Waals surface area contributed by atoms with E-state index >= 15 is 0 Å². The predicted molar refractivity (Wildman–Crippen MR) is 104 cm³/mol. The van der Waals surface area contributed by atoms with E-state index in [0.717, 1.165) is 5.56 Å². The summed E-state index contributed by atoms with van der Waals surface area (Å²) in [6, 6.07) is 15.1. The predicted octanol–water partition coefficient (Wildman–Crippen LogP) is 2.95. The van der Waals surface area contributed by atoms with Crippen LogP contribution in [0, 0.1) is 0 Å². The quantitative estimate of drug-likeness (QED) is 0.532. The molecule has 2 heterocycles. The number of nitrogens with one attached hydrogen (secondary N) is 1. The number of benzene rings is 2. The number of hydrogen-bond acceptors (Lipinski definition) is 7. The highest BCUT2D eigenvalue weighted by atomic mass is 16.5. The molecule has 140 valence electrons. The number of nitrogens with two attached hydrogens (primary N) is 1. The molecule has 0 aliphatic carbocycles. The number of aryl methyl sites for hydroxylation is 1. The van der Waals surface area contributed by atoms with E-state index in [-0.39, 0.29) is 0 Å². The first kappa shape index (κ1) is 17.6. The maximum absolute atomic E-state index is 11.6. The van der Waals surface area contributed by atoms with E-state index in [0.29, 0.717) is 52.8 Å². The maximum Gasteiger partial charge on any atom is 0.251 e. The van der Waals surface area contributed by atoms with E-state index in [1.807, 2.05) is 37.3 Å². The van der Waals surface area contributed by atoms with Gasteiger partial charge in [0.2, 0.25) is 17.5 Å². The van der Waals surface area contributed by atoms with Crippen LogP contribution in [0.5, 0.6) is 0 Å². The summed E-state index contributed by atoms with van der Waals surface area (Å²) < 4.78 is 5.47. The number of nitrogens with zero attached hydrogens (tertiary/aromatic N) is 4. The van der Waals surface area contributed by atoms with Crippen molar-refractivity contribution in [1.82, 2.24) is 20.1 Å². The molecule has 28 heavy (non-hydrogen) atoms. The number of carbonyl (C=O) groups excluding carboxylic acids is 1. The summed E-state index contributed by atoms with van der Waals surface area (Å²) in [7, 11) is 0. The molecule has 0 radical (unpaired) electrons. The smallest absolute Gasteiger partial charge is 0.251 e. The zero-order valence-corrected chi connectivity index (χ0v) is 15.2. The molecule has 0 unspecified atom stereocenters. The normalized spacial score (nSPS) is 10.9. The average Bonchev–Trinajstić information content (AvgIpc) is 3.17. The first-order chi connectivity index (χ1) is 13.7. The maximum atomic E-state index is 11.6. The van der Waals surface area contributed by atoms with Gasteiger partial charge in [0.1, 0.15) is 11.3 Å². The second-order valence-corrected chi connectivity index (χ2v) is 6.17. The number of carbonyl (C=O) groups is 1. The lowest BCUT2D eigenvalue weighted by Crippen LogP contribution is -2.11. The molecule has 0 saturated heterocycles. The highest BCUT2D eigenvalue weighted by Crippen LogP contribution is 2.28. The Hall–Kier alpha value is -3.81. The van der Waals surface area contributed by atoms with E-state index in [1.54, 1.807) is 18.2 Å². The third-order valence-corrected chi connectivity index (χ3v) is 4.27. The Bertz CT molecular complexity index is 1140. The molecule has 0 aliphatic rings. The van der Waals surface area contributed by atoms with Crippen molar-refractivity contribution in [3.05, 3.63) is 65.5 Å². The second-order valence-electron chi connectivity index (χ2n) is 6.17. The number of hydrogen-bond donors (Lipinski definition) is 2. The van der Waals surface area contributed by atoms with E-state index < -0.39 is 5.91 Å². The largest absolute Gasteiger partial charge is 0.366 e. The highest BCUT2D eigenvalue weighted by molar-refractivity contribution is 6.07. The Labute approximate surface area is 160 Å². The van der Waals surface area contributed by atoms with Gasteiger partial charge < -0.3 is 15.6 Å². The van der Waals surface area contributed by atoms with Crippen LogP contribution in [0.15, 0.2) is 53.1 Å². The van der Waals surface area contributed by atoms with Crippen molar-refractivity contribution >= 4 is 22.8 Å². The topological polar surface area (TPSA) is 120 Å². The van der Waals surface area contributed by atoms with Gasteiger partial charge >= 0.3 is 0 Å². The van der Waals surface area contributed by atoms with Gasteiger partial charge in [0.25, 0.3) is 5.91 Å². The molecule has 8 nitrogen and oxygen atoms in total. The Kier molecular flexibility index (Phi) is 4.67. The van der Waals surface area contributed by atoms with Gasteiger partial charge in [-0.2, -0.15) is 9.97 Å². The van der Waals surface area contributed by atoms with E-state index in [4.69, 9.17) is 10.3 Å². The van der Waals surface area contributed by atoms with Crippen LogP contribution in [0.25, 0.3) is 22.5 Å². The van der Waals surface area contributed by atoms with Gasteiger partial charge in [-0.25, -0.2) is 4.98 Å². The number of aromatic nitrogens is 4. The van der Waals surface area contributed by atoms with Crippen molar-refractivity contribution in [1.29, 1.82) is 0 Å². The number of anilines is 1. The lowest BCUT2D eigenvalue weighted by Gasteiger charge is -2.07. The Morgan fingerprint density at radius 1 is 1.07 bits per heavy atom. The van der Waals surface area contributed by atoms with Crippen LogP contribution >= 0.6 is 0 Å². The third-order valence-electron chi connectivity index (χ3n) is 4.27. The minimum absolute atomic E-state index is 0.291. The molecular weight excluding hydrogens is 356 g/mol. The summed E-state index contributed by atoms with van der Waals surface area (Å²) in [4.78, 5) is 25.0. The first-order valence-electron chi connectivity index (χ1n) is 8.87. The van der Waals surface area contributed by atoms with E-state index in [1.165, 1.54) is 0 Å². The fraction of sp³-hybridized carbons (Fsp3) is 0.150. The molecule has 0 aliphatic heterocycles. The van der Waals surface area contributed by atoms with Crippen LogP contribution < -0.4 is 11.1 Å². The number of amides is 1. The molecule has 1 amide bonds. The van der Waals surface area contributed by atoms with Crippen LogP contribution in [0.4, 0.5) is 5.95 Å². The van der Waals surface area contributed by atoms with E-state index in [2.05, 4.69) is 25.4 Å². The zero-order valence-electron chi connectivity index (χ0n) is 15.2. The average molecular weight is 374 g/mol. The van der Waals surface area contributed by atoms with Gasteiger partial charge in [-0.1, -0.05) is 48.5 Å². The van der Waals surface area contributed by atoms with Gasteiger partial charge in [-0.15, -0.1) is 0 Å². The number of primary amides is 1. The molecule has 3 N–H and O–H groups in total. The van der Waals surface area contributed by atoms with Crippen LogP contribution in [-0.2, 0) is 13.0 Å².